The van der Waals surface area contributed by atoms with E-state index in [0.717, 1.165) is 0 Å². The molecule has 2 aliphatic rings. The second-order valence-corrected chi connectivity index (χ2v) is 13.4. The number of hydrogen-bond donors (Lipinski definition) is 1. The Labute approximate surface area is 384 Å². The minimum atomic E-state index is -0.454. The summed E-state index contributed by atoms with van der Waals surface area (Å²) in [5.74, 6) is 1.05. The molecule has 0 saturated heterocycles. The molecule has 2 heterocycles. The number of benzene rings is 2. The number of anilines is 2. The van der Waals surface area contributed by atoms with Gasteiger partial charge in [-0.3, -0.25) is 14.4 Å². The Balaban J connectivity index is 0.000000414. The van der Waals surface area contributed by atoms with Crippen LogP contribution >= 0.6 is 15.9 Å². The molecule has 2 aromatic rings. The Morgan fingerprint density at radius 3 is 1.16 bits per heavy atom. The number of methoxy groups -OCH3 is 1. The van der Waals surface area contributed by atoms with Gasteiger partial charge in [-0.1, -0.05) is 15.9 Å². The van der Waals surface area contributed by atoms with Crippen LogP contribution in [0.5, 0.6) is 23.0 Å². The molecule has 0 fully saturated rings. The van der Waals surface area contributed by atoms with Crippen molar-refractivity contribution in [3.8, 4) is 23.0 Å². The molecule has 2 aliphatic heterocycles. The maximum atomic E-state index is 12.1. The normalized spacial score (nSPS) is 16.7. The lowest BCUT2D eigenvalue weighted by molar-refractivity contribution is -0.142. The first-order chi connectivity index (χ1) is 31.3. The van der Waals surface area contributed by atoms with Crippen molar-refractivity contribution in [3.63, 3.8) is 0 Å². The second-order valence-electron chi connectivity index (χ2n) is 12.8. The Morgan fingerprint density at radius 2 is 0.828 bits per heavy atom. The topological polar surface area (TPSA) is 219 Å². The zero-order valence-corrected chi connectivity index (χ0v) is 39.0. The number of nitrogen functional groups attached to an aromatic ring is 1. The van der Waals surface area contributed by atoms with Crippen LogP contribution < -0.4 is 29.6 Å². The van der Waals surface area contributed by atoms with Gasteiger partial charge in [0.1, 0.15) is 44.8 Å². The third-order valence-corrected chi connectivity index (χ3v) is 8.48. The predicted octanol–water partition coefficient (Wildman–Crippen LogP) is 3.12. The van der Waals surface area contributed by atoms with Crippen LogP contribution in [0.2, 0.25) is 0 Å². The maximum absolute atomic E-state index is 12.1. The van der Waals surface area contributed by atoms with Crippen molar-refractivity contribution in [1.82, 2.24) is 0 Å². The number of fused-ring (bicyclic) bond motifs is 2. The summed E-state index contributed by atoms with van der Waals surface area (Å²) in [7, 11) is 1.35. The second kappa shape index (κ2) is 38.1. The van der Waals surface area contributed by atoms with E-state index in [-0.39, 0.29) is 44.2 Å². The summed E-state index contributed by atoms with van der Waals surface area (Å²) in [6, 6.07) is 10.5. The maximum Gasteiger partial charge on any atom is 0.325 e. The Morgan fingerprint density at radius 1 is 0.500 bits per heavy atom. The van der Waals surface area contributed by atoms with E-state index in [1.807, 2.05) is 0 Å². The monoisotopic (exact) mass is 978 g/mol. The summed E-state index contributed by atoms with van der Waals surface area (Å²) in [4.78, 5) is 35.8. The summed E-state index contributed by atoms with van der Waals surface area (Å²) in [5, 5.41) is 0.281. The van der Waals surface area contributed by atoms with Crippen LogP contribution in [0.4, 0.5) is 11.4 Å². The van der Waals surface area contributed by atoms with Crippen LogP contribution in [0.1, 0.15) is 13.8 Å². The van der Waals surface area contributed by atoms with E-state index in [0.29, 0.717) is 160 Å². The lowest BCUT2D eigenvalue weighted by Crippen LogP contribution is -2.36. The summed E-state index contributed by atoms with van der Waals surface area (Å²) < 4.78 is 81.1. The summed E-state index contributed by atoms with van der Waals surface area (Å²) in [6.45, 7) is 12.8. The Kier molecular flexibility index (Phi) is 33.3. The first kappa shape index (κ1) is 55.9. The predicted molar refractivity (Wildman–Crippen MR) is 237 cm³/mol. The average molecular weight is 980 g/mol. The van der Waals surface area contributed by atoms with Crippen molar-refractivity contribution in [2.24, 2.45) is 0 Å². The van der Waals surface area contributed by atoms with Crippen molar-refractivity contribution >= 4 is 45.2 Å². The van der Waals surface area contributed by atoms with E-state index in [2.05, 4.69) is 20.7 Å². The molecule has 21 heteroatoms. The van der Waals surface area contributed by atoms with Gasteiger partial charge in [0.15, 0.2) is 23.0 Å². The molecule has 0 spiro atoms. The molecular formula is C43H67BrN2O18. The van der Waals surface area contributed by atoms with Crippen LogP contribution in [0.15, 0.2) is 36.4 Å². The molecular weight excluding hydrogens is 912 g/mol. The Bertz CT molecular complexity index is 1500. The van der Waals surface area contributed by atoms with Crippen LogP contribution in [0.25, 0.3) is 0 Å². The van der Waals surface area contributed by atoms with Crippen LogP contribution in [-0.2, 0) is 66.5 Å². The van der Waals surface area contributed by atoms with Gasteiger partial charge in [-0.25, -0.2) is 0 Å². The number of nitrogens with two attached hydrogens (primary N) is 1. The Hall–Kier alpha value is -4.19. The highest BCUT2D eigenvalue weighted by molar-refractivity contribution is 9.09. The molecule has 0 unspecified atom stereocenters. The van der Waals surface area contributed by atoms with Gasteiger partial charge in [-0.2, -0.15) is 0 Å². The number of halogens is 1. The molecule has 2 aromatic carbocycles. The van der Waals surface area contributed by atoms with Crippen LogP contribution in [-0.4, -0.2) is 189 Å². The highest BCUT2D eigenvalue weighted by Gasteiger charge is 2.19. The van der Waals surface area contributed by atoms with Crippen LogP contribution in [0, 0.1) is 0 Å². The lowest BCUT2D eigenvalue weighted by atomic mass is 10.2. The van der Waals surface area contributed by atoms with E-state index in [9.17, 15) is 14.4 Å². The minimum absolute atomic E-state index is 0.120. The van der Waals surface area contributed by atoms with Gasteiger partial charge >= 0.3 is 17.9 Å². The molecule has 0 aliphatic carbocycles. The molecule has 2 N–H and O–H groups in total. The van der Waals surface area contributed by atoms with Crippen LogP contribution in [0.3, 0.4) is 0 Å². The molecule has 0 amide bonds. The van der Waals surface area contributed by atoms with Gasteiger partial charge in [-0.05, 0) is 38.1 Å². The quantitative estimate of drug-likeness (QED) is 0.174. The van der Waals surface area contributed by atoms with E-state index < -0.39 is 11.9 Å². The summed E-state index contributed by atoms with van der Waals surface area (Å²) >= 11 is 2.90. The van der Waals surface area contributed by atoms with Gasteiger partial charge < -0.3 is 81.7 Å². The number of hydrogen-bond acceptors (Lipinski definition) is 20. The number of alkyl halides is 1. The number of carbonyl (C=O) groups is 3. The minimum Gasteiger partial charge on any atom is -0.487 e. The van der Waals surface area contributed by atoms with Gasteiger partial charge in [0, 0.05) is 23.5 Å². The van der Waals surface area contributed by atoms with E-state index in [1.165, 1.54) is 7.11 Å². The van der Waals surface area contributed by atoms with Crippen molar-refractivity contribution in [3.05, 3.63) is 36.4 Å². The summed E-state index contributed by atoms with van der Waals surface area (Å²) in [6.07, 6.45) is 0. The number of rotatable bonds is 8. The fourth-order valence-electron chi connectivity index (χ4n) is 5.07. The van der Waals surface area contributed by atoms with Gasteiger partial charge in [-0.15, -0.1) is 0 Å². The number of nitrogens with zero attached hydrogens (tertiary/aromatic N) is 1. The largest absolute Gasteiger partial charge is 0.487 e. The SMILES string of the molecule is CCOC(=O)CN(CC(=O)OCC)c1ccc2c(c1)OCCOCCOCCOCCOCCO2.COC(=O)CBr.Nc1ccc2c(c1)OCCOCCOCCOCCOCCO2. The van der Waals surface area contributed by atoms with Gasteiger partial charge in [0.05, 0.1) is 126 Å². The fourth-order valence-corrected chi connectivity index (χ4v) is 5.29. The van der Waals surface area contributed by atoms with Crippen molar-refractivity contribution < 1.29 is 85.4 Å². The van der Waals surface area contributed by atoms with Gasteiger partial charge in [0.25, 0.3) is 0 Å². The third kappa shape index (κ3) is 27.9. The van der Waals surface area contributed by atoms with E-state index in [1.54, 1.807) is 55.1 Å². The molecule has 0 bridgehead atoms. The zero-order chi connectivity index (χ0) is 46.3. The molecule has 20 nitrogen and oxygen atoms in total. The highest BCUT2D eigenvalue weighted by Crippen LogP contribution is 2.33. The van der Waals surface area contributed by atoms with Crippen molar-refractivity contribution in [2.45, 2.75) is 13.8 Å². The van der Waals surface area contributed by atoms with E-state index in [4.69, 9.17) is 72.0 Å². The molecule has 4 rings (SSSR count). The number of esters is 3. The third-order valence-electron chi connectivity index (χ3n) is 8.02. The number of carbonyl (C=O) groups excluding carboxylic acids is 3. The highest BCUT2D eigenvalue weighted by atomic mass is 79.9. The molecule has 0 aromatic heterocycles. The van der Waals surface area contributed by atoms with Crippen molar-refractivity contribution in [2.75, 3.05) is 182 Å². The molecule has 0 radical (unpaired) electrons. The standard InChI is InChI=1S/C24H37NO10.C16H25NO6.C3H5BrO2/c1-3-32-23(26)18-25(19-24(27)33-4-2)20-5-6-21-22(17-20)35-16-14-31-12-10-29-8-7-28-9-11-30-13-15-34-21;17-14-1-2-15-16(13-14)23-12-10-21-8-6-19-4-3-18-5-7-20-9-11-22-15;1-6-3(5)2-4/h5-6,17H,3-4,7-16,18-19H2,1-2H3;1-2,13H,3-12,17H2;2H2,1H3. The smallest absolute Gasteiger partial charge is 0.325 e. The van der Waals surface area contributed by atoms with E-state index >= 15 is 0 Å². The zero-order valence-electron chi connectivity index (χ0n) is 37.4. The van der Waals surface area contributed by atoms with Crippen molar-refractivity contribution in [1.29, 1.82) is 0 Å². The molecule has 0 saturated carbocycles. The first-order valence-corrected chi connectivity index (χ1v) is 22.3. The molecule has 0 atom stereocenters. The number of ether oxygens (including phenoxy) is 15. The first-order valence-electron chi connectivity index (χ1n) is 21.2. The summed E-state index contributed by atoms with van der Waals surface area (Å²) in [5.41, 5.74) is 7.00. The molecule has 364 valence electrons. The van der Waals surface area contributed by atoms with Gasteiger partial charge in [0.2, 0.25) is 0 Å². The lowest BCUT2D eigenvalue weighted by Gasteiger charge is -2.24. The average Bonchev–Trinajstić information content (AvgIpc) is 3.29. The molecule has 64 heavy (non-hydrogen) atoms. The fraction of sp³-hybridized carbons (Fsp3) is 0.651.